The van der Waals surface area contributed by atoms with E-state index in [0.29, 0.717) is 29.4 Å². The molecule has 1 amide bonds. The van der Waals surface area contributed by atoms with Crippen LogP contribution in [0.2, 0.25) is 5.02 Å². The van der Waals surface area contributed by atoms with Crippen molar-refractivity contribution >= 4 is 23.7 Å². The Hall–Kier alpha value is -1.39. The third-order valence-electron chi connectivity index (χ3n) is 6.57. The minimum absolute atomic E-state index is 0.241. The van der Waals surface area contributed by atoms with E-state index in [2.05, 4.69) is 10.3 Å². The molecule has 2 N–H and O–H groups in total. The van der Waals surface area contributed by atoms with Gasteiger partial charge in [0.05, 0.1) is 12.1 Å². The van der Waals surface area contributed by atoms with Gasteiger partial charge in [-0.3, -0.25) is 9.79 Å². The van der Waals surface area contributed by atoms with Gasteiger partial charge in [0.1, 0.15) is 0 Å². The molecule has 3 aliphatic carbocycles. The first kappa shape index (κ1) is 15.8. The van der Waals surface area contributed by atoms with Gasteiger partial charge in [-0.25, -0.2) is 0 Å². The molecule has 1 aromatic rings. The van der Waals surface area contributed by atoms with Crippen molar-refractivity contribution in [3.63, 3.8) is 0 Å². The third kappa shape index (κ3) is 2.70. The van der Waals surface area contributed by atoms with Crippen molar-refractivity contribution in [3.8, 4) is 0 Å². The lowest BCUT2D eigenvalue weighted by atomic mass is 9.84. The van der Waals surface area contributed by atoms with Crippen molar-refractivity contribution in [1.82, 2.24) is 5.32 Å². The van der Waals surface area contributed by atoms with Gasteiger partial charge in [0.25, 0.3) is 0 Å². The lowest BCUT2D eigenvalue weighted by molar-refractivity contribution is -0.123. The second-order valence-corrected chi connectivity index (χ2v) is 8.84. The van der Waals surface area contributed by atoms with Gasteiger partial charge < -0.3 is 10.4 Å². The molecule has 4 nitrogen and oxygen atoms in total. The van der Waals surface area contributed by atoms with Crippen molar-refractivity contribution in [2.24, 2.45) is 22.7 Å². The minimum atomic E-state index is -0.802. The van der Waals surface area contributed by atoms with E-state index in [9.17, 15) is 9.90 Å². The number of halogens is 1. The summed E-state index contributed by atoms with van der Waals surface area (Å²) in [5, 5.41) is 15.3. The zero-order valence-corrected chi connectivity index (χ0v) is 14.9. The topological polar surface area (TPSA) is 61.7 Å². The van der Waals surface area contributed by atoms with Crippen LogP contribution in [0.3, 0.4) is 0 Å². The van der Waals surface area contributed by atoms with Crippen LogP contribution in [0.1, 0.15) is 55.2 Å². The number of hydrogen-bond donors (Lipinski definition) is 2. The molecule has 25 heavy (non-hydrogen) atoms. The summed E-state index contributed by atoms with van der Waals surface area (Å²) in [7, 11) is 0. The first-order valence-corrected chi connectivity index (χ1v) is 9.75. The molecule has 1 heterocycles. The average Bonchev–Trinajstić information content (AvgIpc) is 3.09. The highest BCUT2D eigenvalue weighted by molar-refractivity contribution is 6.31. The maximum Gasteiger partial charge on any atom is 0.223 e. The summed E-state index contributed by atoms with van der Waals surface area (Å²) >= 11 is 6.29. The summed E-state index contributed by atoms with van der Waals surface area (Å²) in [5.41, 5.74) is 2.34. The molecular formula is C20H23ClN2O2. The van der Waals surface area contributed by atoms with E-state index >= 15 is 0 Å². The quantitative estimate of drug-likeness (QED) is 0.871. The molecule has 0 saturated heterocycles. The van der Waals surface area contributed by atoms with Crippen molar-refractivity contribution in [2.45, 2.75) is 56.7 Å². The zero-order chi connectivity index (χ0) is 17.2. The van der Waals surface area contributed by atoms with Gasteiger partial charge in [-0.15, -0.1) is 0 Å². The fourth-order valence-electron chi connectivity index (χ4n) is 5.27. The molecule has 0 radical (unpaired) electrons. The number of carbonyl (C=O) groups excluding carboxylic acids is 1. The second-order valence-electron chi connectivity index (χ2n) is 8.40. The zero-order valence-electron chi connectivity index (χ0n) is 14.2. The first-order valence-electron chi connectivity index (χ1n) is 9.37. The number of hydrogen-bond acceptors (Lipinski definition) is 3. The van der Waals surface area contributed by atoms with Crippen LogP contribution < -0.4 is 5.32 Å². The van der Waals surface area contributed by atoms with E-state index in [1.54, 1.807) is 0 Å². The molecule has 4 atom stereocenters. The molecular weight excluding hydrogens is 336 g/mol. The number of aliphatic hydroxyl groups is 1. The smallest absolute Gasteiger partial charge is 0.223 e. The van der Waals surface area contributed by atoms with E-state index in [-0.39, 0.29) is 11.8 Å². The van der Waals surface area contributed by atoms with Crippen LogP contribution in [0, 0.1) is 17.8 Å². The summed E-state index contributed by atoms with van der Waals surface area (Å²) < 4.78 is 0. The number of aliphatic imine (C=N–C) groups is 1. The standard InChI is InChI=1S/C20H23ClN2O2/c21-15-3-14-9-22-10-17(14)18(6-15)20(25)7-12-4-16(5-13(12)8-20)23-19(24)11-1-2-11/h3,6,9,11-13,16,25H,1-2,4-5,7-8,10H2,(H,23,24)/t12-,13+,16?,20?. The van der Waals surface area contributed by atoms with Gasteiger partial charge in [-0.2, -0.15) is 0 Å². The molecule has 5 heteroatoms. The highest BCUT2D eigenvalue weighted by atomic mass is 35.5. The maximum atomic E-state index is 12.0. The van der Waals surface area contributed by atoms with Gasteiger partial charge in [0.15, 0.2) is 0 Å². The normalized spacial score (nSPS) is 35.7. The second kappa shape index (κ2) is 5.55. The summed E-state index contributed by atoms with van der Waals surface area (Å²) in [4.78, 5) is 16.4. The molecule has 132 valence electrons. The summed E-state index contributed by atoms with van der Waals surface area (Å²) in [6.07, 6.45) is 7.46. The fourth-order valence-corrected chi connectivity index (χ4v) is 5.49. The third-order valence-corrected chi connectivity index (χ3v) is 6.78. The lowest BCUT2D eigenvalue weighted by Crippen LogP contribution is -2.35. The average molecular weight is 359 g/mol. The summed E-state index contributed by atoms with van der Waals surface area (Å²) in [6, 6.07) is 4.16. The van der Waals surface area contributed by atoms with Crippen LogP contribution in [0.5, 0.6) is 0 Å². The highest BCUT2D eigenvalue weighted by Crippen LogP contribution is 2.54. The van der Waals surface area contributed by atoms with E-state index in [1.807, 2.05) is 18.3 Å². The number of amides is 1. The van der Waals surface area contributed by atoms with Crippen LogP contribution in [-0.4, -0.2) is 23.3 Å². The molecule has 5 rings (SSSR count). The number of fused-ring (bicyclic) bond motifs is 2. The molecule has 2 unspecified atom stereocenters. The Morgan fingerprint density at radius 3 is 2.64 bits per heavy atom. The first-order chi connectivity index (χ1) is 12.0. The predicted molar refractivity (Wildman–Crippen MR) is 96.7 cm³/mol. The monoisotopic (exact) mass is 358 g/mol. The lowest BCUT2D eigenvalue weighted by Gasteiger charge is -2.28. The van der Waals surface area contributed by atoms with Crippen LogP contribution in [-0.2, 0) is 16.9 Å². The summed E-state index contributed by atoms with van der Waals surface area (Å²) in [5.74, 6) is 1.47. The predicted octanol–water partition coefficient (Wildman–Crippen LogP) is 3.17. The molecule has 0 bridgehead atoms. The highest BCUT2D eigenvalue weighted by Gasteiger charge is 2.50. The Balaban J connectivity index is 1.33. The van der Waals surface area contributed by atoms with Crippen LogP contribution in [0.15, 0.2) is 17.1 Å². The molecule has 1 aromatic carbocycles. The maximum absolute atomic E-state index is 12.0. The Kier molecular flexibility index (Phi) is 3.52. The Labute approximate surface area is 152 Å². The van der Waals surface area contributed by atoms with Gasteiger partial charge in [-0.05, 0) is 79.2 Å². The van der Waals surface area contributed by atoms with Gasteiger partial charge in [-0.1, -0.05) is 11.6 Å². The number of benzene rings is 1. The molecule has 0 aromatic heterocycles. The van der Waals surface area contributed by atoms with E-state index in [4.69, 9.17) is 11.6 Å². The van der Waals surface area contributed by atoms with Crippen molar-refractivity contribution in [2.75, 3.05) is 0 Å². The van der Waals surface area contributed by atoms with Crippen LogP contribution in [0.4, 0.5) is 0 Å². The van der Waals surface area contributed by atoms with Crippen molar-refractivity contribution in [1.29, 1.82) is 0 Å². The molecule has 3 fully saturated rings. The number of nitrogens with zero attached hydrogens (tertiary/aromatic N) is 1. The molecule has 4 aliphatic rings. The number of rotatable bonds is 3. The van der Waals surface area contributed by atoms with E-state index in [1.165, 1.54) is 0 Å². The Morgan fingerprint density at radius 1 is 1.24 bits per heavy atom. The van der Waals surface area contributed by atoms with Gasteiger partial charge >= 0.3 is 0 Å². The van der Waals surface area contributed by atoms with Gasteiger partial charge in [0, 0.05) is 23.2 Å². The summed E-state index contributed by atoms with van der Waals surface area (Å²) in [6.45, 7) is 0.638. The molecule has 0 spiro atoms. The van der Waals surface area contributed by atoms with E-state index in [0.717, 1.165) is 55.2 Å². The Morgan fingerprint density at radius 2 is 1.96 bits per heavy atom. The number of nitrogens with one attached hydrogen (secondary N) is 1. The Bertz CT molecular complexity index is 757. The largest absolute Gasteiger partial charge is 0.385 e. The minimum Gasteiger partial charge on any atom is -0.385 e. The molecule has 3 saturated carbocycles. The van der Waals surface area contributed by atoms with Crippen LogP contribution >= 0.6 is 11.6 Å². The fraction of sp³-hybridized carbons (Fsp3) is 0.600. The SMILES string of the molecule is O=C(NC1C[C@@H]2CC(O)(c3cc(Cl)cc4c3CN=C4)C[C@@H]2C1)C1CC1. The van der Waals surface area contributed by atoms with Crippen molar-refractivity contribution < 1.29 is 9.90 Å². The van der Waals surface area contributed by atoms with Gasteiger partial charge in [0.2, 0.25) is 5.91 Å². The van der Waals surface area contributed by atoms with Crippen LogP contribution in [0.25, 0.3) is 0 Å². The van der Waals surface area contributed by atoms with E-state index < -0.39 is 5.60 Å². The van der Waals surface area contributed by atoms with Crippen molar-refractivity contribution in [3.05, 3.63) is 33.8 Å². The number of carbonyl (C=O) groups is 1. The molecule has 1 aliphatic heterocycles.